The summed E-state index contributed by atoms with van der Waals surface area (Å²) < 4.78 is 5.94. The first-order valence-electron chi connectivity index (χ1n) is 7.13. The molecule has 0 saturated carbocycles. The molecule has 2 aliphatic rings. The van der Waals surface area contributed by atoms with Crippen molar-refractivity contribution in [2.45, 2.75) is 25.9 Å². The van der Waals surface area contributed by atoms with Crippen LogP contribution in [-0.2, 0) is 12.8 Å². The highest BCUT2D eigenvalue weighted by atomic mass is 35.5. The Balaban J connectivity index is 1.70. The van der Waals surface area contributed by atoms with Gasteiger partial charge in [0.1, 0.15) is 11.9 Å². The van der Waals surface area contributed by atoms with Gasteiger partial charge in [-0.05, 0) is 36.6 Å². The molecule has 104 valence electrons. The van der Waals surface area contributed by atoms with Crippen LogP contribution in [-0.4, -0.2) is 43.7 Å². The fourth-order valence-electron chi connectivity index (χ4n) is 2.97. The summed E-state index contributed by atoms with van der Waals surface area (Å²) in [7, 11) is 0. The smallest absolute Gasteiger partial charge is 0.126 e. The van der Waals surface area contributed by atoms with Crippen molar-refractivity contribution in [2.75, 3.05) is 32.7 Å². The quantitative estimate of drug-likeness (QED) is 0.918. The molecule has 2 heterocycles. The lowest BCUT2D eigenvalue weighted by molar-refractivity contribution is 0.237. The number of halogens is 1. The summed E-state index contributed by atoms with van der Waals surface area (Å²) in [5.41, 5.74) is 2.54. The Morgan fingerprint density at radius 1 is 1.37 bits per heavy atom. The Bertz CT molecular complexity index is 458. The summed E-state index contributed by atoms with van der Waals surface area (Å²) in [4.78, 5) is 2.50. The van der Waals surface area contributed by atoms with Crippen molar-refractivity contribution in [3.63, 3.8) is 0 Å². The topological polar surface area (TPSA) is 24.5 Å². The third-order valence-corrected chi connectivity index (χ3v) is 4.16. The van der Waals surface area contributed by atoms with E-state index in [0.717, 1.165) is 56.3 Å². The number of ether oxygens (including phenoxy) is 1. The summed E-state index contributed by atoms with van der Waals surface area (Å²) in [6.07, 6.45) is 2.29. The number of hydrogen-bond donors (Lipinski definition) is 1. The van der Waals surface area contributed by atoms with Gasteiger partial charge in [-0.2, -0.15) is 0 Å². The van der Waals surface area contributed by atoms with Crippen LogP contribution in [0, 0.1) is 0 Å². The maximum Gasteiger partial charge on any atom is 0.126 e. The zero-order valence-electron chi connectivity index (χ0n) is 11.4. The normalized spacial score (nSPS) is 23.2. The van der Waals surface area contributed by atoms with E-state index in [4.69, 9.17) is 16.3 Å². The van der Waals surface area contributed by atoms with Crippen molar-refractivity contribution >= 4 is 11.6 Å². The minimum Gasteiger partial charge on any atom is -0.490 e. The maximum absolute atomic E-state index is 6.22. The molecule has 3 rings (SSSR count). The van der Waals surface area contributed by atoms with Gasteiger partial charge in [0.05, 0.1) is 0 Å². The predicted octanol–water partition coefficient (Wildman–Crippen LogP) is 2.11. The number of fused-ring (bicyclic) bond motifs is 1. The average molecular weight is 281 g/mol. The molecule has 1 fully saturated rings. The minimum atomic E-state index is 0.284. The van der Waals surface area contributed by atoms with E-state index in [9.17, 15) is 0 Å². The Morgan fingerprint density at radius 2 is 2.16 bits per heavy atom. The second-order valence-corrected chi connectivity index (χ2v) is 5.96. The SMILES string of the molecule is CC1Cc2cc(Cl)cc(CCN3CCNCC3)c2O1. The van der Waals surface area contributed by atoms with Crippen LogP contribution in [0.4, 0.5) is 0 Å². The molecule has 4 heteroatoms. The van der Waals surface area contributed by atoms with E-state index >= 15 is 0 Å². The highest BCUT2D eigenvalue weighted by Gasteiger charge is 2.23. The van der Waals surface area contributed by atoms with E-state index in [1.54, 1.807) is 0 Å². The van der Waals surface area contributed by atoms with Crippen LogP contribution in [0.1, 0.15) is 18.1 Å². The van der Waals surface area contributed by atoms with Crippen molar-refractivity contribution in [2.24, 2.45) is 0 Å². The molecule has 19 heavy (non-hydrogen) atoms. The number of nitrogens with zero attached hydrogens (tertiary/aromatic N) is 1. The van der Waals surface area contributed by atoms with E-state index in [1.807, 2.05) is 0 Å². The van der Waals surface area contributed by atoms with E-state index < -0.39 is 0 Å². The van der Waals surface area contributed by atoms with Crippen LogP contribution in [0.3, 0.4) is 0 Å². The Labute approximate surface area is 119 Å². The largest absolute Gasteiger partial charge is 0.490 e. The van der Waals surface area contributed by atoms with E-state index in [0.29, 0.717) is 0 Å². The first-order chi connectivity index (χ1) is 9.22. The minimum absolute atomic E-state index is 0.284. The monoisotopic (exact) mass is 280 g/mol. The molecule has 0 aliphatic carbocycles. The molecule has 2 aliphatic heterocycles. The molecule has 1 saturated heterocycles. The Kier molecular flexibility index (Phi) is 3.96. The van der Waals surface area contributed by atoms with Gasteiger partial charge in [0, 0.05) is 44.2 Å². The van der Waals surface area contributed by atoms with Gasteiger partial charge in [0.15, 0.2) is 0 Å². The zero-order valence-corrected chi connectivity index (χ0v) is 12.2. The lowest BCUT2D eigenvalue weighted by atomic mass is 10.0. The third kappa shape index (κ3) is 3.04. The van der Waals surface area contributed by atoms with Gasteiger partial charge in [-0.1, -0.05) is 11.6 Å². The molecule has 1 atom stereocenters. The van der Waals surface area contributed by atoms with Crippen LogP contribution >= 0.6 is 11.6 Å². The molecular formula is C15H21ClN2O. The van der Waals surface area contributed by atoms with Crippen LogP contribution in [0.5, 0.6) is 5.75 Å². The fourth-order valence-corrected chi connectivity index (χ4v) is 3.23. The van der Waals surface area contributed by atoms with Crippen LogP contribution in [0.2, 0.25) is 5.02 Å². The number of piperazine rings is 1. The second kappa shape index (κ2) is 5.70. The molecule has 0 radical (unpaired) electrons. The summed E-state index contributed by atoms with van der Waals surface area (Å²) >= 11 is 6.22. The molecule has 1 unspecified atom stereocenters. The van der Waals surface area contributed by atoms with Gasteiger partial charge >= 0.3 is 0 Å². The van der Waals surface area contributed by atoms with Gasteiger partial charge in [-0.15, -0.1) is 0 Å². The van der Waals surface area contributed by atoms with Crippen molar-refractivity contribution in [1.82, 2.24) is 10.2 Å². The molecule has 0 bridgehead atoms. The van der Waals surface area contributed by atoms with Crippen LogP contribution in [0.15, 0.2) is 12.1 Å². The van der Waals surface area contributed by atoms with Gasteiger partial charge in [-0.25, -0.2) is 0 Å². The van der Waals surface area contributed by atoms with Crippen molar-refractivity contribution in [3.05, 3.63) is 28.3 Å². The second-order valence-electron chi connectivity index (χ2n) is 5.53. The van der Waals surface area contributed by atoms with E-state index in [1.165, 1.54) is 11.1 Å². The molecule has 3 nitrogen and oxygen atoms in total. The highest BCUT2D eigenvalue weighted by molar-refractivity contribution is 6.30. The summed E-state index contributed by atoms with van der Waals surface area (Å²) in [5.74, 6) is 1.09. The fraction of sp³-hybridized carbons (Fsp3) is 0.600. The number of rotatable bonds is 3. The standard InChI is InChI=1S/C15H21ClN2O/c1-11-8-13-10-14(16)9-12(15(13)19-11)2-5-18-6-3-17-4-7-18/h9-11,17H,2-8H2,1H3. The molecule has 1 aromatic carbocycles. The van der Waals surface area contributed by atoms with E-state index in [-0.39, 0.29) is 6.10 Å². The summed E-state index contributed by atoms with van der Waals surface area (Å²) in [6.45, 7) is 7.68. The molecule has 0 aromatic heterocycles. The van der Waals surface area contributed by atoms with Crippen molar-refractivity contribution in [3.8, 4) is 5.75 Å². The molecule has 1 N–H and O–H groups in total. The van der Waals surface area contributed by atoms with Crippen molar-refractivity contribution < 1.29 is 4.74 Å². The molecule has 0 amide bonds. The van der Waals surface area contributed by atoms with Gasteiger partial charge in [0.2, 0.25) is 0 Å². The van der Waals surface area contributed by atoms with Crippen LogP contribution in [0.25, 0.3) is 0 Å². The Morgan fingerprint density at radius 3 is 2.95 bits per heavy atom. The highest BCUT2D eigenvalue weighted by Crippen LogP contribution is 2.35. The van der Waals surface area contributed by atoms with Gasteiger partial charge in [-0.3, -0.25) is 0 Å². The first kappa shape index (κ1) is 13.2. The number of benzene rings is 1. The Hall–Kier alpha value is -0.770. The van der Waals surface area contributed by atoms with E-state index in [2.05, 4.69) is 29.3 Å². The van der Waals surface area contributed by atoms with Crippen molar-refractivity contribution in [1.29, 1.82) is 0 Å². The molecule has 1 aromatic rings. The number of hydrogen-bond acceptors (Lipinski definition) is 3. The molecule has 0 spiro atoms. The van der Waals surface area contributed by atoms with Gasteiger partial charge < -0.3 is 15.0 Å². The molecular weight excluding hydrogens is 260 g/mol. The number of nitrogens with one attached hydrogen (secondary N) is 1. The lowest BCUT2D eigenvalue weighted by Crippen LogP contribution is -2.44. The predicted molar refractivity (Wildman–Crippen MR) is 78.3 cm³/mol. The third-order valence-electron chi connectivity index (χ3n) is 3.94. The van der Waals surface area contributed by atoms with Crippen LogP contribution < -0.4 is 10.1 Å². The first-order valence-corrected chi connectivity index (χ1v) is 7.51. The maximum atomic E-state index is 6.22. The van der Waals surface area contributed by atoms with Gasteiger partial charge in [0.25, 0.3) is 0 Å². The average Bonchev–Trinajstić information content (AvgIpc) is 2.77. The zero-order chi connectivity index (χ0) is 13.2. The summed E-state index contributed by atoms with van der Waals surface area (Å²) in [5, 5.41) is 4.22. The lowest BCUT2D eigenvalue weighted by Gasteiger charge is -2.27. The summed E-state index contributed by atoms with van der Waals surface area (Å²) in [6, 6.07) is 4.12.